The van der Waals surface area contributed by atoms with Crippen LogP contribution in [0.25, 0.3) is 11.5 Å². The quantitative estimate of drug-likeness (QED) is 0.669. The van der Waals surface area contributed by atoms with E-state index in [2.05, 4.69) is 20.0 Å². The minimum Gasteiger partial charge on any atom is -0.462 e. The van der Waals surface area contributed by atoms with Crippen LogP contribution in [0, 0.1) is 0 Å². The monoisotopic (exact) mass is 354 g/mol. The van der Waals surface area contributed by atoms with Gasteiger partial charge in [-0.2, -0.15) is 4.98 Å². The van der Waals surface area contributed by atoms with Gasteiger partial charge in [0.25, 0.3) is 0 Å². The van der Waals surface area contributed by atoms with Crippen LogP contribution in [0.1, 0.15) is 42.8 Å². The third kappa shape index (κ3) is 4.00. The summed E-state index contributed by atoms with van der Waals surface area (Å²) in [7, 11) is 1.99. The zero-order chi connectivity index (χ0) is 17.8. The SMILES string of the molecule is CN(Cc1ccc([C@H]2CCCCO2)o1)Cc1nc(-c2ccccn2)no1. The molecule has 0 amide bonds. The average molecular weight is 354 g/mol. The molecular formula is C19H22N4O3. The van der Waals surface area contributed by atoms with Gasteiger partial charge >= 0.3 is 0 Å². The van der Waals surface area contributed by atoms with Crippen LogP contribution in [0.15, 0.2) is 45.5 Å². The lowest BCUT2D eigenvalue weighted by Crippen LogP contribution is -2.17. The molecule has 4 rings (SSSR count). The summed E-state index contributed by atoms with van der Waals surface area (Å²) in [6.07, 6.45) is 5.16. The maximum Gasteiger partial charge on any atom is 0.241 e. The van der Waals surface area contributed by atoms with E-state index in [4.69, 9.17) is 13.7 Å². The molecule has 1 fully saturated rings. The third-order valence-electron chi connectivity index (χ3n) is 4.37. The number of aromatic nitrogens is 3. The Balaban J connectivity index is 1.35. The van der Waals surface area contributed by atoms with Crippen molar-refractivity contribution in [2.75, 3.05) is 13.7 Å². The Morgan fingerprint density at radius 3 is 2.92 bits per heavy atom. The van der Waals surface area contributed by atoms with Crippen molar-refractivity contribution < 1.29 is 13.7 Å². The van der Waals surface area contributed by atoms with Crippen molar-refractivity contribution in [2.45, 2.75) is 38.5 Å². The second-order valence-electron chi connectivity index (χ2n) is 6.56. The van der Waals surface area contributed by atoms with E-state index in [-0.39, 0.29) is 6.10 Å². The molecule has 0 radical (unpaired) electrons. The molecule has 0 aliphatic carbocycles. The Bertz CT molecular complexity index is 824. The minimum atomic E-state index is 0.0969. The summed E-state index contributed by atoms with van der Waals surface area (Å²) in [5.74, 6) is 2.88. The summed E-state index contributed by atoms with van der Waals surface area (Å²) >= 11 is 0. The predicted molar refractivity (Wildman–Crippen MR) is 94.0 cm³/mol. The van der Waals surface area contributed by atoms with Gasteiger partial charge in [0, 0.05) is 12.8 Å². The lowest BCUT2D eigenvalue weighted by atomic mass is 10.1. The van der Waals surface area contributed by atoms with Crippen molar-refractivity contribution in [3.63, 3.8) is 0 Å². The molecule has 1 aliphatic heterocycles. The van der Waals surface area contributed by atoms with Gasteiger partial charge in [-0.3, -0.25) is 9.88 Å². The standard InChI is InChI=1S/C19H22N4O3/c1-23(12-14-8-9-17(25-14)16-7-3-5-11-24-16)13-18-21-19(22-26-18)15-6-2-4-10-20-15/h2,4,6,8-10,16H,3,5,7,11-13H2,1H3/t16-/m1/s1. The molecule has 0 aromatic carbocycles. The summed E-state index contributed by atoms with van der Waals surface area (Å²) in [5, 5.41) is 4.00. The normalized spacial score (nSPS) is 17.7. The molecule has 1 atom stereocenters. The Morgan fingerprint density at radius 2 is 2.12 bits per heavy atom. The summed E-state index contributed by atoms with van der Waals surface area (Å²) in [6.45, 7) is 2.01. The number of ether oxygens (including phenoxy) is 1. The van der Waals surface area contributed by atoms with Crippen LogP contribution >= 0.6 is 0 Å². The van der Waals surface area contributed by atoms with Gasteiger partial charge in [0.15, 0.2) is 0 Å². The van der Waals surface area contributed by atoms with Crippen LogP contribution in [0.4, 0.5) is 0 Å². The number of nitrogens with zero attached hydrogens (tertiary/aromatic N) is 4. The van der Waals surface area contributed by atoms with Crippen molar-refractivity contribution in [1.82, 2.24) is 20.0 Å². The largest absolute Gasteiger partial charge is 0.462 e. The van der Waals surface area contributed by atoms with Gasteiger partial charge in [-0.1, -0.05) is 11.2 Å². The van der Waals surface area contributed by atoms with Gasteiger partial charge in [-0.05, 0) is 50.6 Å². The second kappa shape index (κ2) is 7.80. The Labute approximate surface area is 152 Å². The van der Waals surface area contributed by atoms with E-state index < -0.39 is 0 Å². The van der Waals surface area contributed by atoms with E-state index in [1.54, 1.807) is 6.20 Å². The molecule has 136 valence electrons. The number of furan rings is 1. The maximum atomic E-state index is 5.96. The molecular weight excluding hydrogens is 332 g/mol. The number of hydrogen-bond donors (Lipinski definition) is 0. The van der Waals surface area contributed by atoms with E-state index in [0.717, 1.165) is 31.0 Å². The van der Waals surface area contributed by atoms with Crippen LogP contribution < -0.4 is 0 Å². The summed E-state index contributed by atoms with van der Waals surface area (Å²) in [6, 6.07) is 9.64. The van der Waals surface area contributed by atoms with Crippen molar-refractivity contribution in [1.29, 1.82) is 0 Å². The van der Waals surface area contributed by atoms with Gasteiger partial charge in [-0.15, -0.1) is 0 Å². The molecule has 1 aliphatic rings. The topological polar surface area (TPSA) is 77.4 Å². The first kappa shape index (κ1) is 16.9. The van der Waals surface area contributed by atoms with E-state index >= 15 is 0 Å². The summed E-state index contributed by atoms with van der Waals surface area (Å²) in [5.41, 5.74) is 0.702. The van der Waals surface area contributed by atoms with Gasteiger partial charge in [-0.25, -0.2) is 0 Å². The zero-order valence-electron chi connectivity index (χ0n) is 14.8. The number of pyridine rings is 1. The van der Waals surface area contributed by atoms with E-state index in [1.807, 2.05) is 37.4 Å². The van der Waals surface area contributed by atoms with Gasteiger partial charge in [0.2, 0.25) is 11.7 Å². The molecule has 0 bridgehead atoms. The zero-order valence-corrected chi connectivity index (χ0v) is 14.8. The van der Waals surface area contributed by atoms with E-state index in [0.29, 0.717) is 30.5 Å². The van der Waals surface area contributed by atoms with Crippen LogP contribution in [-0.4, -0.2) is 33.7 Å². The molecule has 3 aromatic rings. The molecule has 7 nitrogen and oxygen atoms in total. The lowest BCUT2D eigenvalue weighted by molar-refractivity contribution is 0.000881. The van der Waals surface area contributed by atoms with Crippen molar-refractivity contribution in [2.24, 2.45) is 0 Å². The molecule has 0 spiro atoms. The van der Waals surface area contributed by atoms with Gasteiger partial charge in [0.1, 0.15) is 23.3 Å². The highest BCUT2D eigenvalue weighted by atomic mass is 16.5. The van der Waals surface area contributed by atoms with Crippen LogP contribution in [0.5, 0.6) is 0 Å². The Morgan fingerprint density at radius 1 is 1.15 bits per heavy atom. The molecule has 0 N–H and O–H groups in total. The van der Waals surface area contributed by atoms with Crippen LogP contribution in [-0.2, 0) is 17.8 Å². The van der Waals surface area contributed by atoms with Crippen molar-refractivity contribution in [3.05, 3.63) is 53.9 Å². The first-order chi connectivity index (χ1) is 12.8. The molecule has 3 aromatic heterocycles. The second-order valence-corrected chi connectivity index (χ2v) is 6.56. The highest BCUT2D eigenvalue weighted by molar-refractivity contribution is 5.46. The molecule has 0 unspecified atom stereocenters. The fraction of sp³-hybridized carbons (Fsp3) is 0.421. The lowest BCUT2D eigenvalue weighted by Gasteiger charge is -2.20. The van der Waals surface area contributed by atoms with Crippen molar-refractivity contribution in [3.8, 4) is 11.5 Å². The van der Waals surface area contributed by atoms with Gasteiger partial charge < -0.3 is 13.7 Å². The van der Waals surface area contributed by atoms with Gasteiger partial charge in [0.05, 0.1) is 13.1 Å². The van der Waals surface area contributed by atoms with Crippen LogP contribution in [0.2, 0.25) is 0 Å². The smallest absolute Gasteiger partial charge is 0.241 e. The number of hydrogen-bond acceptors (Lipinski definition) is 7. The fourth-order valence-corrected chi connectivity index (χ4v) is 3.09. The molecule has 7 heteroatoms. The Hall–Kier alpha value is -2.51. The van der Waals surface area contributed by atoms with E-state index in [9.17, 15) is 0 Å². The first-order valence-electron chi connectivity index (χ1n) is 8.91. The average Bonchev–Trinajstić information content (AvgIpc) is 3.33. The third-order valence-corrected chi connectivity index (χ3v) is 4.37. The minimum absolute atomic E-state index is 0.0969. The van der Waals surface area contributed by atoms with Crippen LogP contribution in [0.3, 0.4) is 0 Å². The molecule has 1 saturated heterocycles. The highest BCUT2D eigenvalue weighted by Gasteiger charge is 2.20. The maximum absolute atomic E-state index is 5.96. The number of rotatable bonds is 6. The van der Waals surface area contributed by atoms with E-state index in [1.165, 1.54) is 6.42 Å². The summed E-state index contributed by atoms with van der Waals surface area (Å²) < 4.78 is 17.1. The molecule has 26 heavy (non-hydrogen) atoms. The highest BCUT2D eigenvalue weighted by Crippen LogP contribution is 2.29. The van der Waals surface area contributed by atoms with Crippen molar-refractivity contribution >= 4 is 0 Å². The molecule has 0 saturated carbocycles. The predicted octanol–water partition coefficient (Wildman–Crippen LogP) is 3.60. The summed E-state index contributed by atoms with van der Waals surface area (Å²) in [4.78, 5) is 10.7. The fourth-order valence-electron chi connectivity index (χ4n) is 3.09. The first-order valence-corrected chi connectivity index (χ1v) is 8.91. The Kier molecular flexibility index (Phi) is 5.08. The molecule has 4 heterocycles.